The van der Waals surface area contributed by atoms with Crippen molar-refractivity contribution in [2.75, 3.05) is 6.61 Å². The number of hydrogen-bond acceptors (Lipinski definition) is 3. The molecule has 0 radical (unpaired) electrons. The molecule has 1 aromatic carbocycles. The van der Waals surface area contributed by atoms with Crippen LogP contribution in [0.1, 0.15) is 32.4 Å². The zero-order valence-electron chi connectivity index (χ0n) is 10.4. The molecule has 0 unspecified atom stereocenters. The fourth-order valence-electron chi connectivity index (χ4n) is 1.19. The van der Waals surface area contributed by atoms with Crippen LogP contribution < -0.4 is 10.5 Å². The molecule has 0 saturated carbocycles. The molecule has 17 heavy (non-hydrogen) atoms. The maximum Gasteiger partial charge on any atom is 0.312 e. The van der Waals surface area contributed by atoms with Crippen LogP contribution in [0.15, 0.2) is 24.3 Å². The fraction of sp³-hybridized carbons (Fsp3) is 0.462. The Kier molecular flexibility index (Phi) is 4.12. The van der Waals surface area contributed by atoms with Crippen molar-refractivity contribution in [1.29, 1.82) is 0 Å². The standard InChI is InChI=1S/C13H19NO3/c1-9(14)10-4-6-11(7-5-10)17-8-13(2,3)12(15)16/h4-7,9H,8,14H2,1-3H3,(H,15,16)/t9-/m0/s1. The van der Waals surface area contributed by atoms with Gasteiger partial charge in [0.25, 0.3) is 0 Å². The topological polar surface area (TPSA) is 72.5 Å². The molecular formula is C13H19NO3. The molecule has 0 saturated heterocycles. The number of rotatable bonds is 5. The molecule has 0 aliphatic carbocycles. The third-order valence-electron chi connectivity index (χ3n) is 2.58. The third kappa shape index (κ3) is 3.75. The molecule has 0 amide bonds. The van der Waals surface area contributed by atoms with E-state index in [0.717, 1.165) is 5.56 Å². The molecule has 3 N–H and O–H groups in total. The first-order valence-corrected chi connectivity index (χ1v) is 5.54. The fourth-order valence-corrected chi connectivity index (χ4v) is 1.19. The number of hydrogen-bond donors (Lipinski definition) is 2. The normalized spacial score (nSPS) is 13.2. The largest absolute Gasteiger partial charge is 0.492 e. The summed E-state index contributed by atoms with van der Waals surface area (Å²) in [4.78, 5) is 10.9. The Morgan fingerprint density at radius 2 is 1.94 bits per heavy atom. The van der Waals surface area contributed by atoms with Crippen molar-refractivity contribution in [3.05, 3.63) is 29.8 Å². The van der Waals surface area contributed by atoms with Crippen LogP contribution in [0.3, 0.4) is 0 Å². The first kappa shape index (κ1) is 13.5. The Morgan fingerprint density at radius 3 is 2.35 bits per heavy atom. The number of carboxylic acid groups (broad SMARTS) is 1. The van der Waals surface area contributed by atoms with Gasteiger partial charge in [0.1, 0.15) is 12.4 Å². The summed E-state index contributed by atoms with van der Waals surface area (Å²) in [5.74, 6) is -0.214. The summed E-state index contributed by atoms with van der Waals surface area (Å²) in [5, 5.41) is 8.94. The number of carbonyl (C=O) groups is 1. The second-order valence-electron chi connectivity index (χ2n) is 4.84. The number of nitrogens with two attached hydrogens (primary N) is 1. The lowest BCUT2D eigenvalue weighted by atomic mass is 9.95. The monoisotopic (exact) mass is 237 g/mol. The van der Waals surface area contributed by atoms with Gasteiger partial charge in [-0.3, -0.25) is 4.79 Å². The number of ether oxygens (including phenoxy) is 1. The first-order chi connectivity index (χ1) is 7.83. The Hall–Kier alpha value is -1.55. The number of aliphatic carboxylic acids is 1. The summed E-state index contributed by atoms with van der Waals surface area (Å²) in [6.07, 6.45) is 0. The average molecular weight is 237 g/mol. The van der Waals surface area contributed by atoms with Crippen molar-refractivity contribution in [3.8, 4) is 5.75 Å². The Labute approximate surface area is 101 Å². The summed E-state index contributed by atoms with van der Waals surface area (Å²) in [7, 11) is 0. The van der Waals surface area contributed by atoms with Gasteiger partial charge in [-0.05, 0) is 38.5 Å². The van der Waals surface area contributed by atoms with E-state index in [1.807, 2.05) is 19.1 Å². The lowest BCUT2D eigenvalue weighted by Gasteiger charge is -2.19. The summed E-state index contributed by atoms with van der Waals surface area (Å²) in [6.45, 7) is 5.31. The minimum atomic E-state index is -0.889. The van der Waals surface area contributed by atoms with Crippen LogP contribution in [0.25, 0.3) is 0 Å². The van der Waals surface area contributed by atoms with E-state index in [1.165, 1.54) is 0 Å². The zero-order valence-corrected chi connectivity index (χ0v) is 10.4. The maximum absolute atomic E-state index is 10.9. The molecule has 0 aromatic heterocycles. The van der Waals surface area contributed by atoms with E-state index >= 15 is 0 Å². The van der Waals surface area contributed by atoms with E-state index in [4.69, 9.17) is 15.6 Å². The van der Waals surface area contributed by atoms with E-state index in [9.17, 15) is 4.79 Å². The molecule has 4 heteroatoms. The van der Waals surface area contributed by atoms with Crippen LogP contribution in [0.2, 0.25) is 0 Å². The minimum Gasteiger partial charge on any atom is -0.492 e. The summed E-state index contributed by atoms with van der Waals surface area (Å²) in [5.41, 5.74) is 5.86. The molecule has 4 nitrogen and oxygen atoms in total. The molecule has 1 rings (SSSR count). The second-order valence-corrected chi connectivity index (χ2v) is 4.84. The van der Waals surface area contributed by atoms with Crippen LogP contribution in [0.4, 0.5) is 0 Å². The van der Waals surface area contributed by atoms with Crippen LogP contribution in [0.5, 0.6) is 5.75 Å². The number of carboxylic acids is 1. The zero-order chi connectivity index (χ0) is 13.1. The Balaban J connectivity index is 2.62. The molecular weight excluding hydrogens is 218 g/mol. The average Bonchev–Trinajstić information content (AvgIpc) is 2.27. The lowest BCUT2D eigenvalue weighted by molar-refractivity contribution is -0.148. The van der Waals surface area contributed by atoms with Crippen LogP contribution in [0, 0.1) is 5.41 Å². The molecule has 1 aromatic rings. The van der Waals surface area contributed by atoms with Gasteiger partial charge in [0.05, 0.1) is 5.41 Å². The highest BCUT2D eigenvalue weighted by atomic mass is 16.5. The summed E-state index contributed by atoms with van der Waals surface area (Å²) < 4.78 is 5.45. The van der Waals surface area contributed by atoms with Crippen molar-refractivity contribution in [1.82, 2.24) is 0 Å². The Bertz CT molecular complexity index is 382. The van der Waals surface area contributed by atoms with Gasteiger partial charge in [-0.2, -0.15) is 0 Å². The molecule has 0 aliphatic rings. The molecule has 0 heterocycles. The smallest absolute Gasteiger partial charge is 0.312 e. The van der Waals surface area contributed by atoms with E-state index in [-0.39, 0.29) is 12.6 Å². The predicted molar refractivity (Wildman–Crippen MR) is 66.0 cm³/mol. The van der Waals surface area contributed by atoms with Gasteiger partial charge < -0.3 is 15.6 Å². The SMILES string of the molecule is C[C@H](N)c1ccc(OCC(C)(C)C(=O)O)cc1. The molecule has 1 atom stereocenters. The molecule has 0 fully saturated rings. The maximum atomic E-state index is 10.9. The quantitative estimate of drug-likeness (QED) is 0.823. The third-order valence-corrected chi connectivity index (χ3v) is 2.58. The minimum absolute atomic E-state index is 0.0143. The van der Waals surface area contributed by atoms with E-state index in [0.29, 0.717) is 5.75 Å². The summed E-state index contributed by atoms with van der Waals surface area (Å²) in [6, 6.07) is 7.36. The van der Waals surface area contributed by atoms with Gasteiger partial charge >= 0.3 is 5.97 Å². The van der Waals surface area contributed by atoms with E-state index in [2.05, 4.69) is 0 Å². The van der Waals surface area contributed by atoms with Gasteiger partial charge in [0.15, 0.2) is 0 Å². The van der Waals surface area contributed by atoms with Gasteiger partial charge in [-0.1, -0.05) is 12.1 Å². The van der Waals surface area contributed by atoms with Crippen LogP contribution in [-0.4, -0.2) is 17.7 Å². The van der Waals surface area contributed by atoms with Crippen molar-refractivity contribution in [2.45, 2.75) is 26.8 Å². The Morgan fingerprint density at radius 1 is 1.41 bits per heavy atom. The van der Waals surface area contributed by atoms with Crippen molar-refractivity contribution < 1.29 is 14.6 Å². The lowest BCUT2D eigenvalue weighted by Crippen LogP contribution is -2.30. The molecule has 94 valence electrons. The van der Waals surface area contributed by atoms with E-state index in [1.54, 1.807) is 26.0 Å². The molecule has 0 aliphatic heterocycles. The van der Waals surface area contributed by atoms with Crippen molar-refractivity contribution in [2.24, 2.45) is 11.1 Å². The van der Waals surface area contributed by atoms with Gasteiger partial charge in [-0.15, -0.1) is 0 Å². The highest BCUT2D eigenvalue weighted by Gasteiger charge is 2.28. The highest BCUT2D eigenvalue weighted by Crippen LogP contribution is 2.20. The van der Waals surface area contributed by atoms with Gasteiger partial charge in [-0.25, -0.2) is 0 Å². The molecule has 0 bridgehead atoms. The number of benzene rings is 1. The van der Waals surface area contributed by atoms with Gasteiger partial charge in [0, 0.05) is 6.04 Å². The van der Waals surface area contributed by atoms with E-state index < -0.39 is 11.4 Å². The molecule has 0 spiro atoms. The predicted octanol–water partition coefficient (Wildman–Crippen LogP) is 2.20. The van der Waals surface area contributed by atoms with Crippen molar-refractivity contribution in [3.63, 3.8) is 0 Å². The summed E-state index contributed by atoms with van der Waals surface area (Å²) >= 11 is 0. The van der Waals surface area contributed by atoms with Crippen LogP contribution in [-0.2, 0) is 4.79 Å². The van der Waals surface area contributed by atoms with Gasteiger partial charge in [0.2, 0.25) is 0 Å². The highest BCUT2D eigenvalue weighted by molar-refractivity contribution is 5.73. The van der Waals surface area contributed by atoms with Crippen LogP contribution >= 0.6 is 0 Å². The second kappa shape index (κ2) is 5.19. The first-order valence-electron chi connectivity index (χ1n) is 5.54. The van der Waals surface area contributed by atoms with Crippen molar-refractivity contribution >= 4 is 5.97 Å².